The average Bonchev–Trinajstić information content (AvgIpc) is 3.19. The number of pyridine rings is 1. The molecule has 1 fully saturated rings. The van der Waals surface area contributed by atoms with Crippen molar-refractivity contribution in [3.05, 3.63) is 72.4 Å². The standard InChI is InChI=1S/C20H21N5O/c26-20(18-9-10-19(22-11-18)25-15-21-14-23-25)24(13-17-7-4-8-17)12-16-5-2-1-3-6-16/h1-3,5-6,9-11,14-15,17H,4,7-8,12-13H2. The number of hydrogen-bond donors (Lipinski definition) is 0. The highest BCUT2D eigenvalue weighted by Gasteiger charge is 2.24. The molecule has 4 rings (SSSR count). The molecule has 0 radical (unpaired) electrons. The van der Waals surface area contributed by atoms with Gasteiger partial charge < -0.3 is 4.90 Å². The first-order valence-electron chi connectivity index (χ1n) is 8.94. The van der Waals surface area contributed by atoms with Crippen LogP contribution < -0.4 is 0 Å². The lowest BCUT2D eigenvalue weighted by molar-refractivity contribution is 0.0679. The van der Waals surface area contributed by atoms with Crippen molar-refractivity contribution in [2.24, 2.45) is 5.92 Å². The molecular formula is C20H21N5O. The predicted octanol–water partition coefficient (Wildman–Crippen LogP) is 3.10. The quantitative estimate of drug-likeness (QED) is 0.687. The molecule has 1 aliphatic carbocycles. The molecule has 132 valence electrons. The second-order valence-corrected chi connectivity index (χ2v) is 6.71. The van der Waals surface area contributed by atoms with Gasteiger partial charge >= 0.3 is 0 Å². The smallest absolute Gasteiger partial charge is 0.255 e. The summed E-state index contributed by atoms with van der Waals surface area (Å²) in [5, 5.41) is 4.06. The summed E-state index contributed by atoms with van der Waals surface area (Å²) >= 11 is 0. The molecule has 1 amide bonds. The van der Waals surface area contributed by atoms with Crippen LogP contribution in [0.5, 0.6) is 0 Å². The maximum Gasteiger partial charge on any atom is 0.255 e. The minimum absolute atomic E-state index is 0.0263. The summed E-state index contributed by atoms with van der Waals surface area (Å²) in [7, 11) is 0. The van der Waals surface area contributed by atoms with E-state index in [0.717, 1.165) is 12.1 Å². The zero-order chi connectivity index (χ0) is 17.8. The van der Waals surface area contributed by atoms with Crippen LogP contribution in [0.4, 0.5) is 0 Å². The van der Waals surface area contributed by atoms with Crippen LogP contribution in [0.25, 0.3) is 5.82 Å². The Bertz CT molecular complexity index is 842. The first-order chi connectivity index (χ1) is 12.8. The lowest BCUT2D eigenvalue weighted by Gasteiger charge is -2.32. The van der Waals surface area contributed by atoms with Gasteiger partial charge in [0.1, 0.15) is 12.7 Å². The minimum Gasteiger partial charge on any atom is -0.334 e. The number of nitrogens with zero attached hydrogens (tertiary/aromatic N) is 5. The molecular weight excluding hydrogens is 326 g/mol. The molecule has 0 bridgehead atoms. The number of carbonyl (C=O) groups excluding carboxylic acids is 1. The predicted molar refractivity (Wildman–Crippen MR) is 97.7 cm³/mol. The zero-order valence-electron chi connectivity index (χ0n) is 14.5. The van der Waals surface area contributed by atoms with Crippen LogP contribution in [0.2, 0.25) is 0 Å². The molecule has 2 aromatic heterocycles. The van der Waals surface area contributed by atoms with Gasteiger partial charge in [0.05, 0.1) is 5.56 Å². The highest BCUT2D eigenvalue weighted by Crippen LogP contribution is 2.28. The number of carbonyl (C=O) groups is 1. The van der Waals surface area contributed by atoms with Gasteiger partial charge in [-0.1, -0.05) is 36.8 Å². The summed E-state index contributed by atoms with van der Waals surface area (Å²) in [5.74, 6) is 1.29. The van der Waals surface area contributed by atoms with Crippen LogP contribution in [0.3, 0.4) is 0 Å². The van der Waals surface area contributed by atoms with Crippen molar-refractivity contribution in [2.45, 2.75) is 25.8 Å². The fourth-order valence-electron chi connectivity index (χ4n) is 3.17. The number of rotatable bonds is 6. The third-order valence-electron chi connectivity index (χ3n) is 4.86. The molecule has 0 saturated heterocycles. The van der Waals surface area contributed by atoms with E-state index in [1.165, 1.54) is 25.6 Å². The van der Waals surface area contributed by atoms with E-state index in [4.69, 9.17) is 0 Å². The van der Waals surface area contributed by atoms with E-state index in [1.54, 1.807) is 23.3 Å². The summed E-state index contributed by atoms with van der Waals surface area (Å²) in [4.78, 5) is 23.3. The highest BCUT2D eigenvalue weighted by molar-refractivity contribution is 5.94. The topological polar surface area (TPSA) is 63.9 Å². The normalized spacial score (nSPS) is 14.0. The molecule has 6 heteroatoms. The van der Waals surface area contributed by atoms with Crippen LogP contribution >= 0.6 is 0 Å². The summed E-state index contributed by atoms with van der Waals surface area (Å²) in [6.45, 7) is 1.43. The minimum atomic E-state index is 0.0263. The maximum absolute atomic E-state index is 13.1. The molecule has 1 aromatic carbocycles. The molecule has 2 heterocycles. The van der Waals surface area contributed by atoms with Gasteiger partial charge in [0, 0.05) is 19.3 Å². The van der Waals surface area contributed by atoms with E-state index < -0.39 is 0 Å². The number of benzene rings is 1. The lowest BCUT2D eigenvalue weighted by Crippen LogP contribution is -2.37. The number of amides is 1. The third-order valence-corrected chi connectivity index (χ3v) is 4.86. The van der Waals surface area contributed by atoms with E-state index in [0.29, 0.717) is 23.8 Å². The Hall–Kier alpha value is -3.02. The van der Waals surface area contributed by atoms with Crippen molar-refractivity contribution < 1.29 is 4.79 Å². The van der Waals surface area contributed by atoms with Crippen LogP contribution in [0.1, 0.15) is 35.2 Å². The molecule has 0 unspecified atom stereocenters. The lowest BCUT2D eigenvalue weighted by atomic mass is 9.85. The Labute approximate surface area is 152 Å². The van der Waals surface area contributed by atoms with Gasteiger partial charge in [0.15, 0.2) is 5.82 Å². The molecule has 26 heavy (non-hydrogen) atoms. The SMILES string of the molecule is O=C(c1ccc(-n2cncn2)nc1)N(Cc1ccccc1)CC1CCC1. The van der Waals surface area contributed by atoms with Crippen molar-refractivity contribution in [3.63, 3.8) is 0 Å². The molecule has 1 saturated carbocycles. The Morgan fingerprint density at radius 3 is 2.62 bits per heavy atom. The fourth-order valence-corrected chi connectivity index (χ4v) is 3.17. The van der Waals surface area contributed by atoms with E-state index in [-0.39, 0.29) is 5.91 Å². The first-order valence-corrected chi connectivity index (χ1v) is 8.94. The van der Waals surface area contributed by atoms with E-state index in [2.05, 4.69) is 27.2 Å². The Morgan fingerprint density at radius 2 is 2.00 bits per heavy atom. The van der Waals surface area contributed by atoms with E-state index >= 15 is 0 Å². The molecule has 0 N–H and O–H groups in total. The maximum atomic E-state index is 13.1. The van der Waals surface area contributed by atoms with Crippen LogP contribution in [0, 0.1) is 5.92 Å². The third kappa shape index (κ3) is 3.64. The van der Waals surface area contributed by atoms with Crippen molar-refractivity contribution in [1.29, 1.82) is 0 Å². The van der Waals surface area contributed by atoms with Crippen molar-refractivity contribution >= 4 is 5.91 Å². The van der Waals surface area contributed by atoms with Gasteiger partial charge in [-0.2, -0.15) is 5.10 Å². The molecule has 0 aliphatic heterocycles. The average molecular weight is 347 g/mol. The second kappa shape index (κ2) is 7.47. The largest absolute Gasteiger partial charge is 0.334 e. The van der Waals surface area contributed by atoms with Gasteiger partial charge in [-0.3, -0.25) is 4.79 Å². The molecule has 3 aromatic rings. The van der Waals surface area contributed by atoms with Gasteiger partial charge in [-0.25, -0.2) is 14.6 Å². The molecule has 1 aliphatic rings. The van der Waals surface area contributed by atoms with E-state index in [1.807, 2.05) is 29.2 Å². The summed E-state index contributed by atoms with van der Waals surface area (Å²) in [5.41, 5.74) is 1.75. The van der Waals surface area contributed by atoms with Gasteiger partial charge in [0.25, 0.3) is 5.91 Å². The molecule has 6 nitrogen and oxygen atoms in total. The Balaban J connectivity index is 1.52. The van der Waals surface area contributed by atoms with Crippen LogP contribution in [0.15, 0.2) is 61.3 Å². The number of hydrogen-bond acceptors (Lipinski definition) is 4. The van der Waals surface area contributed by atoms with Crippen molar-refractivity contribution in [2.75, 3.05) is 6.54 Å². The monoisotopic (exact) mass is 347 g/mol. The molecule has 0 spiro atoms. The summed E-state index contributed by atoms with van der Waals surface area (Å²) in [6.07, 6.45) is 8.36. The van der Waals surface area contributed by atoms with Gasteiger partial charge in [-0.15, -0.1) is 0 Å². The first kappa shape index (κ1) is 16.4. The van der Waals surface area contributed by atoms with Crippen LogP contribution in [-0.2, 0) is 6.54 Å². The van der Waals surface area contributed by atoms with Crippen LogP contribution in [-0.4, -0.2) is 37.1 Å². The number of aromatic nitrogens is 4. The zero-order valence-corrected chi connectivity index (χ0v) is 14.5. The Morgan fingerprint density at radius 1 is 1.15 bits per heavy atom. The summed E-state index contributed by atoms with van der Waals surface area (Å²) in [6, 6.07) is 13.7. The highest BCUT2D eigenvalue weighted by atomic mass is 16.2. The fraction of sp³-hybridized carbons (Fsp3) is 0.300. The van der Waals surface area contributed by atoms with Crippen molar-refractivity contribution in [3.8, 4) is 5.82 Å². The van der Waals surface area contributed by atoms with Crippen molar-refractivity contribution in [1.82, 2.24) is 24.6 Å². The molecule has 0 atom stereocenters. The summed E-state index contributed by atoms with van der Waals surface area (Å²) < 4.78 is 1.57. The van der Waals surface area contributed by atoms with Gasteiger partial charge in [0.2, 0.25) is 0 Å². The van der Waals surface area contributed by atoms with E-state index in [9.17, 15) is 4.79 Å². The Kier molecular flexibility index (Phi) is 4.73. The second-order valence-electron chi connectivity index (χ2n) is 6.71. The van der Waals surface area contributed by atoms with Gasteiger partial charge in [-0.05, 0) is 36.5 Å².